The second-order valence-electron chi connectivity index (χ2n) is 5.41. The van der Waals surface area contributed by atoms with E-state index in [0.717, 1.165) is 45.1 Å². The lowest BCUT2D eigenvalue weighted by Crippen LogP contribution is -2.42. The number of amides is 1. The van der Waals surface area contributed by atoms with Crippen LogP contribution in [0.3, 0.4) is 0 Å². The molecule has 0 aromatic carbocycles. The summed E-state index contributed by atoms with van der Waals surface area (Å²) >= 11 is 0. The Labute approximate surface area is 116 Å². The molecule has 1 fully saturated rings. The molecule has 5 heteroatoms. The summed E-state index contributed by atoms with van der Waals surface area (Å²) < 4.78 is 10.2. The van der Waals surface area contributed by atoms with Gasteiger partial charge in [0, 0.05) is 32.2 Å². The number of nitrogens with one attached hydrogen (secondary N) is 1. The molecule has 1 amide bonds. The van der Waals surface area contributed by atoms with Crippen molar-refractivity contribution in [3.63, 3.8) is 0 Å². The lowest BCUT2D eigenvalue weighted by Gasteiger charge is -2.22. The van der Waals surface area contributed by atoms with Crippen LogP contribution in [0.2, 0.25) is 0 Å². The predicted octanol–water partition coefficient (Wildman–Crippen LogP) is 1.21. The number of hydrogen-bond donors (Lipinski definition) is 2. The molecule has 0 saturated heterocycles. The van der Waals surface area contributed by atoms with Crippen molar-refractivity contribution in [3.8, 4) is 0 Å². The quantitative estimate of drug-likeness (QED) is 0.586. The van der Waals surface area contributed by atoms with Crippen molar-refractivity contribution < 1.29 is 14.3 Å². The van der Waals surface area contributed by atoms with E-state index < -0.39 is 0 Å². The first-order chi connectivity index (χ1) is 9.16. The average Bonchev–Trinajstić information content (AvgIpc) is 2.79. The van der Waals surface area contributed by atoms with E-state index in [1.807, 2.05) is 0 Å². The largest absolute Gasteiger partial charge is 0.382 e. The number of rotatable bonds is 10. The number of ether oxygens (including phenoxy) is 2. The molecule has 1 aliphatic carbocycles. The van der Waals surface area contributed by atoms with Gasteiger partial charge in [0.2, 0.25) is 5.91 Å². The summed E-state index contributed by atoms with van der Waals surface area (Å²) in [6.45, 7) is 2.70. The third-order valence-electron chi connectivity index (χ3n) is 3.58. The molecule has 112 valence electrons. The molecule has 1 aliphatic rings. The Kier molecular flexibility index (Phi) is 8.02. The van der Waals surface area contributed by atoms with E-state index in [1.54, 1.807) is 7.11 Å². The van der Waals surface area contributed by atoms with E-state index >= 15 is 0 Å². The maximum atomic E-state index is 11.7. The smallest absolute Gasteiger partial charge is 0.221 e. The molecule has 19 heavy (non-hydrogen) atoms. The van der Waals surface area contributed by atoms with Crippen LogP contribution in [0.1, 0.15) is 44.9 Å². The molecule has 0 aliphatic heterocycles. The SMILES string of the molecule is COCCOCCCCNC(=O)CC1(N)CCCC1. The fraction of sp³-hybridized carbons (Fsp3) is 0.929. The van der Waals surface area contributed by atoms with Gasteiger partial charge in [0.1, 0.15) is 0 Å². The molecule has 1 saturated carbocycles. The van der Waals surface area contributed by atoms with Gasteiger partial charge < -0.3 is 20.5 Å². The van der Waals surface area contributed by atoms with Crippen LogP contribution in [-0.4, -0.2) is 44.9 Å². The Balaban J connectivity index is 1.93. The lowest BCUT2D eigenvalue weighted by molar-refractivity contribution is -0.122. The summed E-state index contributed by atoms with van der Waals surface area (Å²) in [5.41, 5.74) is 5.92. The summed E-state index contributed by atoms with van der Waals surface area (Å²) in [5, 5.41) is 2.94. The summed E-state index contributed by atoms with van der Waals surface area (Å²) in [7, 11) is 1.66. The van der Waals surface area contributed by atoms with E-state index in [9.17, 15) is 4.79 Å². The van der Waals surface area contributed by atoms with Crippen molar-refractivity contribution >= 4 is 5.91 Å². The van der Waals surface area contributed by atoms with Gasteiger partial charge in [-0.3, -0.25) is 4.79 Å². The standard InChI is InChI=1S/C14H28N2O3/c1-18-10-11-19-9-5-4-8-16-13(17)12-14(15)6-2-3-7-14/h2-12,15H2,1H3,(H,16,17). The molecule has 5 nitrogen and oxygen atoms in total. The molecular formula is C14H28N2O3. The van der Waals surface area contributed by atoms with Gasteiger partial charge in [0.05, 0.1) is 13.2 Å². The molecule has 1 rings (SSSR count). The van der Waals surface area contributed by atoms with Crippen molar-refractivity contribution in [3.05, 3.63) is 0 Å². The maximum Gasteiger partial charge on any atom is 0.221 e. The molecule has 0 spiro atoms. The number of nitrogens with two attached hydrogens (primary N) is 1. The van der Waals surface area contributed by atoms with Crippen LogP contribution >= 0.6 is 0 Å². The summed E-state index contributed by atoms with van der Waals surface area (Å²) in [6, 6.07) is 0. The fourth-order valence-electron chi connectivity index (χ4n) is 2.44. The summed E-state index contributed by atoms with van der Waals surface area (Å²) in [5.74, 6) is 0.0877. The van der Waals surface area contributed by atoms with Crippen LogP contribution in [0.5, 0.6) is 0 Å². The first kappa shape index (κ1) is 16.4. The third-order valence-corrected chi connectivity index (χ3v) is 3.58. The Morgan fingerprint density at radius 3 is 2.63 bits per heavy atom. The van der Waals surface area contributed by atoms with Crippen LogP contribution < -0.4 is 11.1 Å². The van der Waals surface area contributed by atoms with Gasteiger partial charge in [0.25, 0.3) is 0 Å². The lowest BCUT2D eigenvalue weighted by atomic mass is 9.94. The molecule has 0 aromatic rings. The van der Waals surface area contributed by atoms with Crippen LogP contribution in [0.15, 0.2) is 0 Å². The highest BCUT2D eigenvalue weighted by Crippen LogP contribution is 2.29. The van der Waals surface area contributed by atoms with Gasteiger partial charge >= 0.3 is 0 Å². The zero-order chi connectivity index (χ0) is 14.0. The first-order valence-corrected chi connectivity index (χ1v) is 7.28. The molecule has 3 N–H and O–H groups in total. The highest BCUT2D eigenvalue weighted by molar-refractivity contribution is 5.77. The van der Waals surface area contributed by atoms with Gasteiger partial charge in [-0.2, -0.15) is 0 Å². The Bertz CT molecular complexity index is 253. The Morgan fingerprint density at radius 1 is 1.21 bits per heavy atom. The minimum atomic E-state index is -0.243. The molecular weight excluding hydrogens is 244 g/mol. The highest BCUT2D eigenvalue weighted by Gasteiger charge is 2.31. The average molecular weight is 272 g/mol. The fourth-order valence-corrected chi connectivity index (χ4v) is 2.44. The van der Waals surface area contributed by atoms with Gasteiger partial charge in [0.15, 0.2) is 0 Å². The third kappa shape index (κ3) is 7.50. The van der Waals surface area contributed by atoms with Crippen molar-refractivity contribution in [2.24, 2.45) is 5.73 Å². The van der Waals surface area contributed by atoms with Gasteiger partial charge in [-0.15, -0.1) is 0 Å². The van der Waals surface area contributed by atoms with E-state index in [1.165, 1.54) is 0 Å². The number of unbranched alkanes of at least 4 members (excludes halogenated alkanes) is 1. The zero-order valence-electron chi connectivity index (χ0n) is 12.1. The minimum absolute atomic E-state index is 0.0877. The van der Waals surface area contributed by atoms with Crippen molar-refractivity contribution in [1.29, 1.82) is 0 Å². The first-order valence-electron chi connectivity index (χ1n) is 7.28. The number of hydrogen-bond acceptors (Lipinski definition) is 4. The van der Waals surface area contributed by atoms with Gasteiger partial charge in [-0.25, -0.2) is 0 Å². The van der Waals surface area contributed by atoms with Gasteiger partial charge in [-0.1, -0.05) is 12.8 Å². The van der Waals surface area contributed by atoms with Crippen molar-refractivity contribution in [1.82, 2.24) is 5.32 Å². The Morgan fingerprint density at radius 2 is 1.95 bits per heavy atom. The Hall–Kier alpha value is -0.650. The molecule has 0 atom stereocenters. The zero-order valence-corrected chi connectivity index (χ0v) is 12.1. The second-order valence-corrected chi connectivity index (χ2v) is 5.41. The van der Waals surface area contributed by atoms with Crippen LogP contribution in [0.4, 0.5) is 0 Å². The van der Waals surface area contributed by atoms with Crippen LogP contribution in [0.25, 0.3) is 0 Å². The van der Waals surface area contributed by atoms with Crippen molar-refractivity contribution in [2.45, 2.75) is 50.5 Å². The van der Waals surface area contributed by atoms with Crippen molar-refractivity contribution in [2.75, 3.05) is 33.5 Å². The molecule has 0 aromatic heterocycles. The molecule has 0 heterocycles. The number of carbonyl (C=O) groups is 1. The normalized spacial score (nSPS) is 17.6. The highest BCUT2D eigenvalue weighted by atomic mass is 16.5. The topological polar surface area (TPSA) is 73.6 Å². The second kappa shape index (κ2) is 9.28. The number of methoxy groups -OCH3 is 1. The molecule has 0 radical (unpaired) electrons. The van der Waals surface area contributed by atoms with E-state index in [-0.39, 0.29) is 11.4 Å². The number of carbonyl (C=O) groups excluding carboxylic acids is 1. The van der Waals surface area contributed by atoms with E-state index in [4.69, 9.17) is 15.2 Å². The monoisotopic (exact) mass is 272 g/mol. The minimum Gasteiger partial charge on any atom is -0.382 e. The summed E-state index contributed by atoms with van der Waals surface area (Å²) in [6.07, 6.45) is 6.64. The predicted molar refractivity (Wildman–Crippen MR) is 74.9 cm³/mol. The molecule has 0 unspecified atom stereocenters. The van der Waals surface area contributed by atoms with Crippen LogP contribution in [0, 0.1) is 0 Å². The maximum absolute atomic E-state index is 11.7. The van der Waals surface area contributed by atoms with Crippen LogP contribution in [-0.2, 0) is 14.3 Å². The van der Waals surface area contributed by atoms with E-state index in [0.29, 0.717) is 26.2 Å². The van der Waals surface area contributed by atoms with Gasteiger partial charge in [-0.05, 0) is 25.7 Å². The molecule has 0 bridgehead atoms. The van der Waals surface area contributed by atoms with E-state index in [2.05, 4.69) is 5.32 Å². The summed E-state index contributed by atoms with van der Waals surface area (Å²) in [4.78, 5) is 11.7.